The first-order valence-electron chi connectivity index (χ1n) is 4.16. The van der Waals surface area contributed by atoms with Crippen molar-refractivity contribution in [2.45, 2.75) is 12.8 Å². The minimum atomic E-state index is -0.603. The molecule has 0 spiro atoms. The monoisotopic (exact) mass is 193 g/mol. The van der Waals surface area contributed by atoms with E-state index >= 15 is 0 Å². The van der Waals surface area contributed by atoms with E-state index in [-0.39, 0.29) is 17.4 Å². The summed E-state index contributed by atoms with van der Waals surface area (Å²) < 4.78 is 0. The van der Waals surface area contributed by atoms with Gasteiger partial charge in [0.15, 0.2) is 5.75 Å². The van der Waals surface area contributed by atoms with Crippen LogP contribution in [0.25, 0.3) is 0 Å². The van der Waals surface area contributed by atoms with Crippen LogP contribution in [0.1, 0.15) is 18.4 Å². The van der Waals surface area contributed by atoms with Gasteiger partial charge >= 0.3 is 5.69 Å². The van der Waals surface area contributed by atoms with Crippen molar-refractivity contribution in [1.82, 2.24) is 0 Å². The number of nitrogens with zero attached hydrogens (tertiary/aromatic N) is 1. The Kier molecular flexibility index (Phi) is 2.86. The van der Waals surface area contributed by atoms with E-state index in [1.54, 1.807) is 18.2 Å². The molecule has 0 radical (unpaired) electrons. The maximum atomic E-state index is 10.5. The number of nitro benzene ring substituents is 1. The molecule has 0 amide bonds. The predicted molar refractivity (Wildman–Crippen MR) is 53.4 cm³/mol. The molecule has 4 nitrogen and oxygen atoms in total. The van der Waals surface area contributed by atoms with Crippen LogP contribution in [0.15, 0.2) is 30.9 Å². The van der Waals surface area contributed by atoms with E-state index in [0.29, 0.717) is 5.56 Å². The number of aromatic hydroxyl groups is 1. The number of nitro groups is 1. The number of allylic oxidation sites excluding steroid dienone is 1. The first-order valence-corrected chi connectivity index (χ1v) is 4.16. The van der Waals surface area contributed by atoms with Gasteiger partial charge < -0.3 is 5.11 Å². The molecule has 0 bridgehead atoms. The first-order chi connectivity index (χ1) is 6.57. The molecule has 0 aliphatic carbocycles. The van der Waals surface area contributed by atoms with Crippen molar-refractivity contribution in [2.75, 3.05) is 0 Å². The summed E-state index contributed by atoms with van der Waals surface area (Å²) in [5, 5.41) is 20.1. The van der Waals surface area contributed by atoms with Crippen LogP contribution < -0.4 is 0 Å². The van der Waals surface area contributed by atoms with Crippen LogP contribution >= 0.6 is 0 Å². The zero-order valence-corrected chi connectivity index (χ0v) is 7.80. The number of phenols is 1. The molecule has 1 aromatic rings. The molecule has 0 aliphatic heterocycles. The van der Waals surface area contributed by atoms with E-state index in [1.165, 1.54) is 6.07 Å². The normalized spacial score (nSPS) is 12.1. The van der Waals surface area contributed by atoms with Gasteiger partial charge in [-0.15, -0.1) is 6.58 Å². The Hall–Kier alpha value is -1.84. The molecule has 1 rings (SSSR count). The second-order valence-corrected chi connectivity index (χ2v) is 3.00. The third kappa shape index (κ3) is 1.74. The van der Waals surface area contributed by atoms with Gasteiger partial charge in [0.1, 0.15) is 0 Å². The third-order valence-electron chi connectivity index (χ3n) is 2.09. The SMILES string of the molecule is C=CC(C)c1cccc([N+](=O)[O-])c1O. The highest BCUT2D eigenvalue weighted by Crippen LogP contribution is 2.34. The lowest BCUT2D eigenvalue weighted by molar-refractivity contribution is -0.385. The number of hydrogen-bond acceptors (Lipinski definition) is 3. The topological polar surface area (TPSA) is 63.4 Å². The van der Waals surface area contributed by atoms with Crippen molar-refractivity contribution in [3.8, 4) is 5.75 Å². The van der Waals surface area contributed by atoms with E-state index in [0.717, 1.165) is 0 Å². The Morgan fingerprint density at radius 3 is 2.79 bits per heavy atom. The molecule has 1 atom stereocenters. The quantitative estimate of drug-likeness (QED) is 0.456. The zero-order valence-electron chi connectivity index (χ0n) is 7.80. The van der Waals surface area contributed by atoms with Gasteiger partial charge in [-0.05, 0) is 0 Å². The molecule has 1 aromatic carbocycles. The number of hydrogen-bond donors (Lipinski definition) is 1. The van der Waals surface area contributed by atoms with Crippen LogP contribution in [0.5, 0.6) is 5.75 Å². The zero-order chi connectivity index (χ0) is 10.7. The summed E-state index contributed by atoms with van der Waals surface area (Å²) in [6, 6.07) is 4.47. The molecule has 0 saturated carbocycles. The summed E-state index contributed by atoms with van der Waals surface area (Å²) in [4.78, 5) is 9.90. The highest BCUT2D eigenvalue weighted by molar-refractivity contribution is 5.52. The van der Waals surface area contributed by atoms with E-state index < -0.39 is 4.92 Å². The largest absolute Gasteiger partial charge is 0.502 e. The van der Waals surface area contributed by atoms with E-state index in [2.05, 4.69) is 6.58 Å². The van der Waals surface area contributed by atoms with Gasteiger partial charge in [-0.25, -0.2) is 0 Å². The lowest BCUT2D eigenvalue weighted by atomic mass is 10.00. The van der Waals surface area contributed by atoms with Gasteiger partial charge in [0, 0.05) is 17.5 Å². The van der Waals surface area contributed by atoms with E-state index in [1.807, 2.05) is 6.92 Å². The summed E-state index contributed by atoms with van der Waals surface area (Å²) in [7, 11) is 0. The Bertz CT molecular complexity index is 374. The first kappa shape index (κ1) is 10.2. The number of rotatable bonds is 3. The molecule has 74 valence electrons. The van der Waals surface area contributed by atoms with Crippen molar-refractivity contribution in [3.05, 3.63) is 46.5 Å². The van der Waals surface area contributed by atoms with Crippen LogP contribution in [0.2, 0.25) is 0 Å². The molecule has 1 N–H and O–H groups in total. The lowest BCUT2D eigenvalue weighted by Crippen LogP contribution is -1.94. The van der Waals surface area contributed by atoms with E-state index in [9.17, 15) is 15.2 Å². The van der Waals surface area contributed by atoms with Crippen molar-refractivity contribution < 1.29 is 10.0 Å². The predicted octanol–water partition coefficient (Wildman–Crippen LogP) is 2.59. The van der Waals surface area contributed by atoms with Crippen LogP contribution in [0.3, 0.4) is 0 Å². The van der Waals surface area contributed by atoms with Gasteiger partial charge in [0.05, 0.1) is 4.92 Å². The Labute approximate surface area is 81.6 Å². The maximum absolute atomic E-state index is 10.5. The van der Waals surface area contributed by atoms with Crippen molar-refractivity contribution in [3.63, 3.8) is 0 Å². The van der Waals surface area contributed by atoms with Gasteiger partial charge in [0.25, 0.3) is 0 Å². The average molecular weight is 193 g/mol. The second kappa shape index (κ2) is 3.91. The van der Waals surface area contributed by atoms with E-state index in [4.69, 9.17) is 0 Å². The van der Waals surface area contributed by atoms with Crippen LogP contribution in [-0.4, -0.2) is 10.0 Å². The standard InChI is InChI=1S/C10H11NO3/c1-3-7(2)8-5-4-6-9(10(8)12)11(13)14/h3-7,12H,1H2,2H3. The minimum Gasteiger partial charge on any atom is -0.502 e. The molecular formula is C10H11NO3. The average Bonchev–Trinajstić information content (AvgIpc) is 2.16. The van der Waals surface area contributed by atoms with Crippen molar-refractivity contribution in [2.24, 2.45) is 0 Å². The smallest absolute Gasteiger partial charge is 0.311 e. The van der Waals surface area contributed by atoms with Gasteiger partial charge in [0.2, 0.25) is 0 Å². The Morgan fingerprint density at radius 1 is 1.64 bits per heavy atom. The Balaban J connectivity index is 3.26. The highest BCUT2D eigenvalue weighted by atomic mass is 16.6. The third-order valence-corrected chi connectivity index (χ3v) is 2.09. The fraction of sp³-hybridized carbons (Fsp3) is 0.200. The molecule has 0 heterocycles. The Morgan fingerprint density at radius 2 is 2.29 bits per heavy atom. The molecule has 14 heavy (non-hydrogen) atoms. The molecule has 0 aliphatic rings. The molecule has 4 heteroatoms. The number of para-hydroxylation sites is 1. The summed E-state index contributed by atoms with van der Waals surface area (Å²) in [5.74, 6) is -0.375. The lowest BCUT2D eigenvalue weighted by Gasteiger charge is -2.08. The summed E-state index contributed by atoms with van der Waals surface area (Å²) in [6.45, 7) is 5.38. The number of phenolic OH excluding ortho intramolecular Hbond substituents is 1. The van der Waals surface area contributed by atoms with Crippen molar-refractivity contribution in [1.29, 1.82) is 0 Å². The molecular weight excluding hydrogens is 182 g/mol. The highest BCUT2D eigenvalue weighted by Gasteiger charge is 2.18. The summed E-state index contributed by atoms with van der Waals surface area (Å²) >= 11 is 0. The number of benzene rings is 1. The summed E-state index contributed by atoms with van der Waals surface area (Å²) in [5.41, 5.74) is 0.255. The van der Waals surface area contributed by atoms with Crippen LogP contribution in [0.4, 0.5) is 5.69 Å². The van der Waals surface area contributed by atoms with Gasteiger partial charge in [-0.2, -0.15) is 0 Å². The second-order valence-electron chi connectivity index (χ2n) is 3.00. The maximum Gasteiger partial charge on any atom is 0.311 e. The molecule has 0 aromatic heterocycles. The van der Waals surface area contributed by atoms with Crippen LogP contribution in [-0.2, 0) is 0 Å². The van der Waals surface area contributed by atoms with Gasteiger partial charge in [-0.3, -0.25) is 10.1 Å². The fourth-order valence-corrected chi connectivity index (χ4v) is 1.19. The molecule has 1 unspecified atom stereocenters. The van der Waals surface area contributed by atoms with Crippen molar-refractivity contribution >= 4 is 5.69 Å². The fourth-order valence-electron chi connectivity index (χ4n) is 1.19. The summed E-state index contributed by atoms with van der Waals surface area (Å²) in [6.07, 6.45) is 1.62. The van der Waals surface area contributed by atoms with Gasteiger partial charge in [-0.1, -0.05) is 25.1 Å². The molecule has 0 saturated heterocycles. The molecule has 0 fully saturated rings. The minimum absolute atomic E-state index is 0.102. The van der Waals surface area contributed by atoms with Crippen LogP contribution in [0, 0.1) is 10.1 Å².